The number of hydrogen-bond donors (Lipinski definition) is 6. The predicted octanol–water partition coefficient (Wildman–Crippen LogP) is 2.79. The van der Waals surface area contributed by atoms with Crippen LogP contribution in [0.25, 0.3) is 33.4 Å². The number of aryl methyl sites for hydroxylation is 2. The standard InChI is InChI=1S/C34H39N3O13S3/c1-20-15-26-30(18-28(20)35-9-3-13-47-49-50-51)48-31-19-29(36-10-4-14-52(41,42)43)21(2)16-27(31)32(26)24-6-5-23(53(44,45)46)17-25(24)33(38)37-11-7-22(8-12-37)34(39)40/h5-6,15-19,22,36,51H,3-4,7-14H2,1-2H3,(H,39,40)(H,41,42,43)(H,44,45,46)/p+1. The molecule has 1 fully saturated rings. The van der Waals surface area contributed by atoms with E-state index in [1.165, 1.54) is 17.0 Å². The molecule has 2 aromatic carbocycles. The minimum absolute atomic E-state index is 0.0139. The molecule has 0 atom stereocenters. The molecule has 5 N–H and O–H groups in total. The second kappa shape index (κ2) is 16.9. The number of amides is 1. The van der Waals surface area contributed by atoms with Crippen LogP contribution in [0.4, 0.5) is 5.69 Å². The Morgan fingerprint density at radius 1 is 1.00 bits per heavy atom. The number of hydrogen-bond acceptors (Lipinski definition) is 12. The van der Waals surface area contributed by atoms with Gasteiger partial charge in [0.1, 0.15) is 17.9 Å². The van der Waals surface area contributed by atoms with E-state index in [1.54, 1.807) is 12.1 Å². The van der Waals surface area contributed by atoms with Crippen molar-refractivity contribution in [1.82, 2.24) is 4.90 Å². The summed E-state index contributed by atoms with van der Waals surface area (Å²) in [6, 6.07) is 11.0. The molecule has 1 aliphatic carbocycles. The first kappa shape index (κ1) is 40.1. The average Bonchev–Trinajstić information content (AvgIpc) is 3.10. The molecule has 2 aromatic rings. The van der Waals surface area contributed by atoms with Crippen LogP contribution in [0.2, 0.25) is 0 Å². The summed E-state index contributed by atoms with van der Waals surface area (Å²) in [5.74, 6) is -2.11. The minimum Gasteiger partial charge on any atom is -0.481 e. The monoisotopic (exact) mass is 794 g/mol. The number of aliphatic carboxylic acids is 1. The first-order valence-corrected chi connectivity index (χ1v) is 20.0. The summed E-state index contributed by atoms with van der Waals surface area (Å²) in [5, 5.41) is 18.3. The Hall–Kier alpha value is -4.08. The summed E-state index contributed by atoms with van der Waals surface area (Å²) < 4.78 is 76.9. The second-order valence-electron chi connectivity index (χ2n) is 12.7. The number of carbonyl (C=O) groups is 2. The van der Waals surface area contributed by atoms with Gasteiger partial charge in [-0.15, -0.1) is 4.33 Å². The van der Waals surface area contributed by atoms with Crippen LogP contribution in [0.1, 0.15) is 47.2 Å². The number of nitrogens with zero attached hydrogens (tertiary/aromatic N) is 1. The van der Waals surface area contributed by atoms with Crippen LogP contribution >= 0.6 is 12.9 Å². The Balaban J connectivity index is 1.70. The highest BCUT2D eigenvalue weighted by Gasteiger charge is 2.31. The molecule has 0 unspecified atom stereocenters. The number of carboxylic acids is 1. The van der Waals surface area contributed by atoms with Gasteiger partial charge in [0.05, 0.1) is 29.2 Å². The molecule has 53 heavy (non-hydrogen) atoms. The van der Waals surface area contributed by atoms with Gasteiger partial charge in [0.15, 0.2) is 0 Å². The Kier molecular flexibility index (Phi) is 12.8. The number of anilines is 1. The zero-order valence-electron chi connectivity index (χ0n) is 28.8. The Morgan fingerprint density at radius 3 is 2.40 bits per heavy atom. The van der Waals surface area contributed by atoms with Gasteiger partial charge in [-0.25, -0.2) is 9.88 Å². The number of piperidine rings is 1. The van der Waals surface area contributed by atoms with E-state index in [9.17, 15) is 36.1 Å². The van der Waals surface area contributed by atoms with E-state index in [1.807, 2.05) is 26.0 Å². The Morgan fingerprint density at radius 2 is 1.74 bits per heavy atom. The lowest BCUT2D eigenvalue weighted by atomic mass is 9.88. The van der Waals surface area contributed by atoms with Crippen molar-refractivity contribution in [2.45, 2.75) is 44.4 Å². The van der Waals surface area contributed by atoms with Crippen LogP contribution in [-0.2, 0) is 39.3 Å². The third kappa shape index (κ3) is 9.92. The number of thiol groups is 1. The highest BCUT2D eigenvalue weighted by molar-refractivity contribution is 7.86. The summed E-state index contributed by atoms with van der Waals surface area (Å²) in [7, 11) is -8.86. The molecule has 16 nitrogen and oxygen atoms in total. The second-order valence-corrected chi connectivity index (χ2v) is 15.8. The number of carboxylic acid groups (broad SMARTS) is 1. The topological polar surface area (TPSA) is 233 Å². The summed E-state index contributed by atoms with van der Waals surface area (Å²) >= 11 is 3.44. The van der Waals surface area contributed by atoms with E-state index in [2.05, 4.69) is 32.6 Å². The van der Waals surface area contributed by atoms with E-state index in [0.29, 0.717) is 52.1 Å². The van der Waals surface area contributed by atoms with Gasteiger partial charge in [0.25, 0.3) is 26.1 Å². The molecule has 2 aliphatic heterocycles. The molecule has 0 saturated carbocycles. The van der Waals surface area contributed by atoms with Gasteiger partial charge in [-0.2, -0.15) is 16.8 Å². The van der Waals surface area contributed by atoms with Gasteiger partial charge in [0, 0.05) is 78.4 Å². The van der Waals surface area contributed by atoms with E-state index < -0.39 is 48.7 Å². The SMILES string of the molecule is Cc1cc2c(-c3ccc(S(=O)(=O)O)cc3C(=O)N3CCC(C(=O)O)CC3)c3cc(C)c(=[NH+]CCCOOOS)cc-3oc2cc1NCCCS(=O)(=O)O. The number of carbonyl (C=O) groups excluding carboxylic acids is 1. The summed E-state index contributed by atoms with van der Waals surface area (Å²) in [6.07, 6.45) is 1.12. The fraction of sp³-hybridized carbons (Fsp3) is 0.382. The van der Waals surface area contributed by atoms with Crippen LogP contribution in [0.5, 0.6) is 0 Å². The molecule has 286 valence electrons. The number of likely N-dealkylation sites (tertiary alicyclic amines) is 1. The van der Waals surface area contributed by atoms with E-state index in [-0.39, 0.29) is 51.1 Å². The number of rotatable bonds is 15. The van der Waals surface area contributed by atoms with Crippen LogP contribution in [-0.4, -0.2) is 86.4 Å². The van der Waals surface area contributed by atoms with Crippen LogP contribution in [0.15, 0.2) is 51.8 Å². The maximum absolute atomic E-state index is 14.3. The lowest BCUT2D eigenvalue weighted by Crippen LogP contribution is -2.77. The van der Waals surface area contributed by atoms with Crippen molar-refractivity contribution in [2.24, 2.45) is 5.92 Å². The van der Waals surface area contributed by atoms with Gasteiger partial charge in [-0.05, 0) is 68.5 Å². The molecular formula is C34H40N3O13S3+. The van der Waals surface area contributed by atoms with E-state index in [0.717, 1.165) is 22.6 Å². The van der Waals surface area contributed by atoms with Gasteiger partial charge in [0.2, 0.25) is 5.36 Å². The quantitative estimate of drug-likeness (QED) is 0.0193. The summed E-state index contributed by atoms with van der Waals surface area (Å²) in [5.41, 5.74) is 4.03. The number of nitrogens with one attached hydrogen (secondary N) is 2. The van der Waals surface area contributed by atoms with Gasteiger partial charge in [-0.3, -0.25) is 18.7 Å². The summed E-state index contributed by atoms with van der Waals surface area (Å²) in [4.78, 5) is 35.0. The van der Waals surface area contributed by atoms with Crippen molar-refractivity contribution >= 4 is 61.7 Å². The molecule has 0 aromatic heterocycles. The molecule has 0 radical (unpaired) electrons. The fourth-order valence-electron chi connectivity index (χ4n) is 6.34. The maximum atomic E-state index is 14.3. The van der Waals surface area contributed by atoms with Gasteiger partial charge >= 0.3 is 5.97 Å². The lowest BCUT2D eigenvalue weighted by molar-refractivity contribution is -0.508. The van der Waals surface area contributed by atoms with Gasteiger partial charge < -0.3 is 19.7 Å². The average molecular weight is 795 g/mol. The van der Waals surface area contributed by atoms with Crippen molar-refractivity contribution in [1.29, 1.82) is 0 Å². The third-order valence-electron chi connectivity index (χ3n) is 9.02. The third-order valence-corrected chi connectivity index (χ3v) is 10.7. The predicted molar refractivity (Wildman–Crippen MR) is 194 cm³/mol. The maximum Gasteiger partial charge on any atom is 0.306 e. The molecule has 1 saturated heterocycles. The molecule has 0 bridgehead atoms. The van der Waals surface area contributed by atoms with Crippen molar-refractivity contribution in [3.63, 3.8) is 0 Å². The molecule has 19 heteroatoms. The highest BCUT2D eigenvalue weighted by atomic mass is 32.2. The van der Waals surface area contributed by atoms with Crippen LogP contribution < -0.4 is 15.7 Å². The molecule has 5 rings (SSSR count). The zero-order chi connectivity index (χ0) is 38.5. The first-order valence-electron chi connectivity index (χ1n) is 16.6. The number of fused-ring (bicyclic) bond motifs is 2. The number of benzene rings is 3. The summed E-state index contributed by atoms with van der Waals surface area (Å²) in [6.45, 7) is 4.90. The van der Waals surface area contributed by atoms with Crippen LogP contribution in [0, 0.1) is 19.8 Å². The van der Waals surface area contributed by atoms with E-state index >= 15 is 0 Å². The van der Waals surface area contributed by atoms with Crippen LogP contribution in [0.3, 0.4) is 0 Å². The lowest BCUT2D eigenvalue weighted by Gasteiger charge is -2.31. The van der Waals surface area contributed by atoms with Crippen molar-refractivity contribution in [3.05, 3.63) is 64.5 Å². The Labute approximate surface area is 311 Å². The molecule has 2 heterocycles. The largest absolute Gasteiger partial charge is 0.481 e. The normalized spacial score (nSPS) is 14.7. The smallest absolute Gasteiger partial charge is 0.306 e. The zero-order valence-corrected chi connectivity index (χ0v) is 31.4. The van der Waals surface area contributed by atoms with Crippen molar-refractivity contribution < 1.29 is 64.3 Å². The van der Waals surface area contributed by atoms with E-state index in [4.69, 9.17) is 13.9 Å². The molecule has 3 aliphatic rings. The molecule has 1 amide bonds. The van der Waals surface area contributed by atoms with Crippen molar-refractivity contribution in [2.75, 3.05) is 43.9 Å². The first-order chi connectivity index (χ1) is 25.1. The fourth-order valence-corrected chi connectivity index (χ4v) is 7.40. The Bertz CT molecular complexity index is 2270. The minimum atomic E-state index is -4.72. The molecular weight excluding hydrogens is 755 g/mol. The highest BCUT2D eigenvalue weighted by Crippen LogP contribution is 2.43. The van der Waals surface area contributed by atoms with Gasteiger partial charge in [-0.1, -0.05) is 11.1 Å². The molecule has 0 spiro atoms. The van der Waals surface area contributed by atoms with Crippen molar-refractivity contribution in [3.8, 4) is 22.5 Å².